The second kappa shape index (κ2) is 7.63. The van der Waals surface area contributed by atoms with Crippen molar-refractivity contribution in [3.05, 3.63) is 35.9 Å². The Balaban J connectivity index is 1.92. The molecule has 4 nitrogen and oxygen atoms in total. The largest absolute Gasteiger partial charge is 0.391 e. The smallest absolute Gasteiger partial charge is 0.194 e. The topological polar surface area (TPSA) is 47.9 Å². The number of benzene rings is 1. The van der Waals surface area contributed by atoms with Gasteiger partial charge in [0, 0.05) is 26.1 Å². The molecule has 22 heavy (non-hydrogen) atoms. The van der Waals surface area contributed by atoms with Crippen molar-refractivity contribution in [3.63, 3.8) is 0 Å². The zero-order valence-electron chi connectivity index (χ0n) is 14.0. The van der Waals surface area contributed by atoms with Gasteiger partial charge in [0.1, 0.15) is 0 Å². The Morgan fingerprint density at radius 2 is 2.09 bits per heavy atom. The van der Waals surface area contributed by atoms with E-state index in [1.54, 1.807) is 0 Å². The zero-order chi connectivity index (χ0) is 16.0. The van der Waals surface area contributed by atoms with Gasteiger partial charge >= 0.3 is 0 Å². The number of guanidine groups is 1. The molecule has 1 aliphatic heterocycles. The summed E-state index contributed by atoms with van der Waals surface area (Å²) in [6.07, 6.45) is 1.39. The molecule has 0 bridgehead atoms. The highest BCUT2D eigenvalue weighted by molar-refractivity contribution is 5.80. The summed E-state index contributed by atoms with van der Waals surface area (Å²) < 4.78 is 0. The molecular weight excluding hydrogens is 274 g/mol. The number of likely N-dealkylation sites (tertiary alicyclic amines) is 1. The molecule has 1 aliphatic rings. The zero-order valence-corrected chi connectivity index (χ0v) is 14.0. The average Bonchev–Trinajstić information content (AvgIpc) is 2.84. The third-order valence-electron chi connectivity index (χ3n) is 4.08. The van der Waals surface area contributed by atoms with E-state index >= 15 is 0 Å². The molecule has 1 saturated heterocycles. The molecule has 0 spiro atoms. The highest BCUT2D eigenvalue weighted by Crippen LogP contribution is 2.28. The molecule has 4 heteroatoms. The van der Waals surface area contributed by atoms with E-state index < -0.39 is 6.10 Å². The van der Waals surface area contributed by atoms with Gasteiger partial charge < -0.3 is 15.3 Å². The molecule has 1 heterocycles. The van der Waals surface area contributed by atoms with E-state index in [4.69, 9.17) is 0 Å². The van der Waals surface area contributed by atoms with Crippen LogP contribution in [0.3, 0.4) is 0 Å². The molecule has 0 radical (unpaired) electrons. The van der Waals surface area contributed by atoms with Gasteiger partial charge in [-0.15, -0.1) is 0 Å². The first-order chi connectivity index (χ1) is 10.5. The fourth-order valence-electron chi connectivity index (χ4n) is 2.86. The lowest BCUT2D eigenvalue weighted by molar-refractivity contribution is 0.183. The van der Waals surface area contributed by atoms with Crippen LogP contribution in [0.2, 0.25) is 0 Å². The Hall–Kier alpha value is -1.55. The van der Waals surface area contributed by atoms with Crippen LogP contribution in [-0.2, 0) is 6.42 Å². The summed E-state index contributed by atoms with van der Waals surface area (Å²) >= 11 is 0. The van der Waals surface area contributed by atoms with Gasteiger partial charge in [-0.3, -0.25) is 4.99 Å². The average molecular weight is 303 g/mol. The number of aliphatic hydroxyl groups is 1. The summed E-state index contributed by atoms with van der Waals surface area (Å²) in [5.41, 5.74) is 1.50. The molecule has 1 atom stereocenters. The van der Waals surface area contributed by atoms with Crippen LogP contribution >= 0.6 is 0 Å². The molecule has 1 aromatic rings. The Morgan fingerprint density at radius 3 is 2.68 bits per heavy atom. The second-order valence-corrected chi connectivity index (χ2v) is 6.87. The summed E-state index contributed by atoms with van der Waals surface area (Å²) in [5.74, 6) is 0.931. The van der Waals surface area contributed by atoms with E-state index in [-0.39, 0.29) is 0 Å². The quantitative estimate of drug-likeness (QED) is 0.648. The SMILES string of the molecule is CCNC(=NCC(O)Cc1ccccc1)N1CCC(C)(C)C1. The van der Waals surface area contributed by atoms with Crippen LogP contribution in [0, 0.1) is 5.41 Å². The first kappa shape index (κ1) is 16.8. The van der Waals surface area contributed by atoms with Gasteiger partial charge in [0.05, 0.1) is 12.6 Å². The molecule has 1 unspecified atom stereocenters. The first-order valence-electron chi connectivity index (χ1n) is 8.25. The number of aliphatic imine (C=N–C) groups is 1. The van der Waals surface area contributed by atoms with Crippen molar-refractivity contribution >= 4 is 5.96 Å². The van der Waals surface area contributed by atoms with Crippen molar-refractivity contribution in [3.8, 4) is 0 Å². The predicted octanol–water partition coefficient (Wildman–Crippen LogP) is 2.29. The Labute approximate surface area is 134 Å². The van der Waals surface area contributed by atoms with E-state index in [0.29, 0.717) is 18.4 Å². The fraction of sp³-hybridized carbons (Fsp3) is 0.611. The highest BCUT2D eigenvalue weighted by atomic mass is 16.3. The predicted molar refractivity (Wildman–Crippen MR) is 92.1 cm³/mol. The van der Waals surface area contributed by atoms with Crippen molar-refractivity contribution in [1.29, 1.82) is 0 Å². The maximum absolute atomic E-state index is 10.2. The minimum Gasteiger partial charge on any atom is -0.391 e. The maximum Gasteiger partial charge on any atom is 0.194 e. The van der Waals surface area contributed by atoms with Crippen LogP contribution in [0.5, 0.6) is 0 Å². The van der Waals surface area contributed by atoms with Gasteiger partial charge in [0.15, 0.2) is 5.96 Å². The van der Waals surface area contributed by atoms with Gasteiger partial charge in [-0.1, -0.05) is 44.2 Å². The lowest BCUT2D eigenvalue weighted by Crippen LogP contribution is -2.41. The third-order valence-corrected chi connectivity index (χ3v) is 4.08. The summed E-state index contributed by atoms with van der Waals surface area (Å²) in [5, 5.41) is 13.6. The summed E-state index contributed by atoms with van der Waals surface area (Å²) in [4.78, 5) is 6.94. The fourth-order valence-corrected chi connectivity index (χ4v) is 2.86. The summed E-state index contributed by atoms with van der Waals surface area (Å²) in [7, 11) is 0. The lowest BCUT2D eigenvalue weighted by Gasteiger charge is -2.24. The first-order valence-corrected chi connectivity index (χ1v) is 8.25. The lowest BCUT2D eigenvalue weighted by atomic mass is 9.93. The molecule has 122 valence electrons. The summed E-state index contributed by atoms with van der Waals surface area (Å²) in [6, 6.07) is 10.1. The highest BCUT2D eigenvalue weighted by Gasteiger charge is 2.30. The molecule has 0 saturated carbocycles. The van der Waals surface area contributed by atoms with Crippen LogP contribution < -0.4 is 5.32 Å². The van der Waals surface area contributed by atoms with Crippen LogP contribution in [0.15, 0.2) is 35.3 Å². The number of hydrogen-bond acceptors (Lipinski definition) is 2. The molecule has 1 aromatic carbocycles. The van der Waals surface area contributed by atoms with Crippen LogP contribution in [0.25, 0.3) is 0 Å². The van der Waals surface area contributed by atoms with E-state index in [9.17, 15) is 5.11 Å². The number of nitrogens with zero attached hydrogens (tertiary/aromatic N) is 2. The minimum absolute atomic E-state index is 0.346. The van der Waals surface area contributed by atoms with Crippen LogP contribution in [0.1, 0.15) is 32.8 Å². The third kappa shape index (κ3) is 5.02. The van der Waals surface area contributed by atoms with Crippen molar-refractivity contribution in [2.75, 3.05) is 26.2 Å². The number of nitrogens with one attached hydrogen (secondary N) is 1. The standard InChI is InChI=1S/C18H29N3O/c1-4-19-17(21-11-10-18(2,3)14-21)20-13-16(22)12-15-8-6-5-7-9-15/h5-9,16,22H,4,10-14H2,1-3H3,(H,19,20). The van der Waals surface area contributed by atoms with Gasteiger partial charge in [0.2, 0.25) is 0 Å². The van der Waals surface area contributed by atoms with Crippen LogP contribution in [0.4, 0.5) is 0 Å². The van der Waals surface area contributed by atoms with E-state index in [0.717, 1.165) is 31.2 Å². The van der Waals surface area contributed by atoms with Crippen molar-refractivity contribution in [2.45, 2.75) is 39.7 Å². The van der Waals surface area contributed by atoms with Crippen molar-refractivity contribution < 1.29 is 5.11 Å². The molecule has 0 aliphatic carbocycles. The normalized spacial score (nSPS) is 19.3. The van der Waals surface area contributed by atoms with Gasteiger partial charge in [0.25, 0.3) is 0 Å². The number of rotatable bonds is 5. The maximum atomic E-state index is 10.2. The van der Waals surface area contributed by atoms with Gasteiger partial charge in [-0.25, -0.2) is 0 Å². The minimum atomic E-state index is -0.438. The molecule has 1 fully saturated rings. The van der Waals surface area contributed by atoms with Crippen molar-refractivity contribution in [1.82, 2.24) is 10.2 Å². The number of aliphatic hydroxyl groups excluding tert-OH is 1. The Morgan fingerprint density at radius 1 is 1.36 bits per heavy atom. The summed E-state index contributed by atoms with van der Waals surface area (Å²) in [6.45, 7) is 10.0. The van der Waals surface area contributed by atoms with E-state index in [2.05, 4.69) is 36.0 Å². The van der Waals surface area contributed by atoms with Gasteiger partial charge in [-0.05, 0) is 24.3 Å². The molecule has 0 aromatic heterocycles. The van der Waals surface area contributed by atoms with E-state index in [1.165, 1.54) is 6.42 Å². The van der Waals surface area contributed by atoms with E-state index in [1.807, 2.05) is 30.3 Å². The Kier molecular flexibility index (Phi) is 5.83. The molecule has 2 N–H and O–H groups in total. The monoisotopic (exact) mass is 303 g/mol. The number of hydrogen-bond donors (Lipinski definition) is 2. The van der Waals surface area contributed by atoms with Gasteiger partial charge in [-0.2, -0.15) is 0 Å². The molecule has 2 rings (SSSR count). The Bertz CT molecular complexity index is 484. The van der Waals surface area contributed by atoms with Crippen LogP contribution in [-0.4, -0.2) is 48.2 Å². The van der Waals surface area contributed by atoms with Crippen molar-refractivity contribution in [2.24, 2.45) is 10.4 Å². The molecule has 0 amide bonds. The molecular formula is C18H29N3O. The second-order valence-electron chi connectivity index (χ2n) is 6.87.